The zero-order valence-corrected chi connectivity index (χ0v) is 10.9. The molecule has 0 bridgehead atoms. The highest BCUT2D eigenvalue weighted by Crippen LogP contribution is 2.29. The summed E-state index contributed by atoms with van der Waals surface area (Å²) in [7, 11) is -1.51. The van der Waals surface area contributed by atoms with Crippen molar-refractivity contribution < 1.29 is 14.8 Å². The van der Waals surface area contributed by atoms with Crippen molar-refractivity contribution in [1.82, 2.24) is 0 Å². The number of hydrogen-bond acceptors (Lipinski definition) is 5. The van der Waals surface area contributed by atoms with Gasteiger partial charge < -0.3 is 14.8 Å². The fourth-order valence-corrected chi connectivity index (χ4v) is 2.67. The molecular formula is C12H12BNO3S. The molecule has 0 fully saturated rings. The molecule has 6 heteroatoms. The Morgan fingerprint density at radius 3 is 2.61 bits per heavy atom. The van der Waals surface area contributed by atoms with Gasteiger partial charge in [0, 0.05) is 4.78 Å². The van der Waals surface area contributed by atoms with Gasteiger partial charge in [-0.15, -0.1) is 11.3 Å². The van der Waals surface area contributed by atoms with Crippen molar-refractivity contribution in [2.24, 2.45) is 0 Å². The fourth-order valence-electron chi connectivity index (χ4n) is 1.70. The summed E-state index contributed by atoms with van der Waals surface area (Å²) in [6.45, 7) is 3.82. The van der Waals surface area contributed by atoms with Gasteiger partial charge in [-0.05, 0) is 37.4 Å². The summed E-state index contributed by atoms with van der Waals surface area (Å²) in [5.74, 6) is 0.617. The molecule has 0 aliphatic rings. The number of fused-ring (bicyclic) bond motifs is 1. The van der Waals surface area contributed by atoms with Crippen molar-refractivity contribution in [2.45, 2.75) is 20.0 Å². The van der Waals surface area contributed by atoms with E-state index in [-0.39, 0.29) is 6.10 Å². The first kappa shape index (κ1) is 12.9. The maximum atomic E-state index is 9.15. The summed E-state index contributed by atoms with van der Waals surface area (Å²) in [5.41, 5.74) is 0.486. The van der Waals surface area contributed by atoms with Crippen LogP contribution >= 0.6 is 11.3 Å². The molecule has 18 heavy (non-hydrogen) atoms. The van der Waals surface area contributed by atoms with E-state index in [2.05, 4.69) is 6.07 Å². The van der Waals surface area contributed by atoms with Crippen LogP contribution in [-0.2, 0) is 0 Å². The Kier molecular flexibility index (Phi) is 3.57. The quantitative estimate of drug-likeness (QED) is 0.815. The van der Waals surface area contributed by atoms with Gasteiger partial charge in [-0.2, -0.15) is 5.26 Å². The number of nitriles is 1. The van der Waals surface area contributed by atoms with E-state index in [0.29, 0.717) is 16.1 Å². The monoisotopic (exact) mass is 261 g/mol. The van der Waals surface area contributed by atoms with Crippen LogP contribution in [-0.4, -0.2) is 23.3 Å². The molecule has 1 aromatic heterocycles. The predicted octanol–water partition coefficient (Wildman–Crippen LogP) is 1.24. The van der Waals surface area contributed by atoms with E-state index < -0.39 is 7.12 Å². The van der Waals surface area contributed by atoms with Crippen LogP contribution in [0.3, 0.4) is 0 Å². The predicted molar refractivity (Wildman–Crippen MR) is 72.1 cm³/mol. The van der Waals surface area contributed by atoms with E-state index >= 15 is 0 Å². The van der Waals surface area contributed by atoms with Crippen molar-refractivity contribution in [1.29, 1.82) is 5.26 Å². The summed E-state index contributed by atoms with van der Waals surface area (Å²) in [5, 5.41) is 28.2. The molecule has 2 N–H and O–H groups in total. The zero-order chi connectivity index (χ0) is 13.3. The number of benzene rings is 1. The van der Waals surface area contributed by atoms with Crippen LogP contribution in [0.25, 0.3) is 10.1 Å². The lowest BCUT2D eigenvalue weighted by atomic mass is 9.89. The molecule has 0 atom stereocenters. The van der Waals surface area contributed by atoms with Crippen LogP contribution in [0.1, 0.15) is 19.4 Å². The first-order valence-corrected chi connectivity index (χ1v) is 6.33. The Bertz CT molecular complexity index is 616. The van der Waals surface area contributed by atoms with E-state index in [1.807, 2.05) is 13.8 Å². The van der Waals surface area contributed by atoms with E-state index in [0.717, 1.165) is 10.1 Å². The summed E-state index contributed by atoms with van der Waals surface area (Å²) < 4.78 is 6.73. The lowest BCUT2D eigenvalue weighted by molar-refractivity contribution is 0.242. The second kappa shape index (κ2) is 4.98. The first-order chi connectivity index (χ1) is 8.51. The zero-order valence-electron chi connectivity index (χ0n) is 10.0. The lowest BCUT2D eigenvalue weighted by Crippen LogP contribution is -2.26. The minimum atomic E-state index is -1.51. The maximum absolute atomic E-state index is 9.15. The Morgan fingerprint density at radius 2 is 2.06 bits per heavy atom. The van der Waals surface area contributed by atoms with Gasteiger partial charge in [0.1, 0.15) is 11.8 Å². The molecule has 0 saturated carbocycles. The van der Waals surface area contributed by atoms with Gasteiger partial charge >= 0.3 is 7.12 Å². The van der Waals surface area contributed by atoms with Crippen molar-refractivity contribution in [3.8, 4) is 11.8 Å². The lowest BCUT2D eigenvalue weighted by Gasteiger charge is -2.09. The van der Waals surface area contributed by atoms with Gasteiger partial charge in [0.25, 0.3) is 0 Å². The Balaban J connectivity index is 2.57. The minimum absolute atomic E-state index is 0.0236. The molecular weight excluding hydrogens is 249 g/mol. The Labute approximate surface area is 109 Å². The number of thiophene rings is 1. The van der Waals surface area contributed by atoms with Crippen molar-refractivity contribution in [3.63, 3.8) is 0 Å². The number of nitrogens with zero attached hydrogens (tertiary/aromatic N) is 1. The average molecular weight is 261 g/mol. The van der Waals surface area contributed by atoms with Crippen LogP contribution in [0.2, 0.25) is 0 Å². The Morgan fingerprint density at radius 1 is 1.33 bits per heavy atom. The van der Waals surface area contributed by atoms with Crippen LogP contribution < -0.4 is 9.51 Å². The normalized spacial score (nSPS) is 10.7. The van der Waals surface area contributed by atoms with Crippen molar-refractivity contribution in [2.75, 3.05) is 0 Å². The highest BCUT2D eigenvalue weighted by molar-refractivity contribution is 7.28. The second-order valence-electron chi connectivity index (χ2n) is 4.19. The molecule has 0 amide bonds. The molecule has 1 heterocycles. The molecule has 0 saturated heterocycles. The molecule has 2 rings (SSSR count). The van der Waals surface area contributed by atoms with E-state index in [1.54, 1.807) is 18.2 Å². The molecule has 4 nitrogen and oxygen atoms in total. The third-order valence-electron chi connectivity index (χ3n) is 2.36. The van der Waals surface area contributed by atoms with Crippen molar-refractivity contribution in [3.05, 3.63) is 23.8 Å². The molecule has 0 radical (unpaired) electrons. The smallest absolute Gasteiger partial charge is 0.491 e. The molecule has 0 aliphatic carbocycles. The minimum Gasteiger partial charge on any atom is -0.491 e. The third-order valence-corrected chi connectivity index (χ3v) is 3.58. The number of rotatable bonds is 3. The molecule has 0 aliphatic heterocycles. The van der Waals surface area contributed by atoms with Crippen LogP contribution in [0.15, 0.2) is 18.2 Å². The third kappa shape index (κ3) is 2.48. The standard InChI is InChI=1S/C12H12BNO3S/c1-7(2)17-10-3-8-5-11(13(15)16)18-12(8)9(4-10)6-14/h3-5,7,15-16H,1-2H3. The highest BCUT2D eigenvalue weighted by atomic mass is 32.1. The number of hydrogen-bond donors (Lipinski definition) is 2. The summed E-state index contributed by atoms with van der Waals surface area (Å²) in [6.07, 6.45) is 0.0236. The van der Waals surface area contributed by atoms with E-state index in [1.165, 1.54) is 11.3 Å². The van der Waals surface area contributed by atoms with Gasteiger partial charge in [-0.1, -0.05) is 0 Å². The largest absolute Gasteiger partial charge is 0.499 e. The maximum Gasteiger partial charge on any atom is 0.499 e. The van der Waals surface area contributed by atoms with Gasteiger partial charge in [-0.3, -0.25) is 0 Å². The fraction of sp³-hybridized carbons (Fsp3) is 0.250. The molecule has 1 aromatic carbocycles. The van der Waals surface area contributed by atoms with Gasteiger partial charge in [-0.25, -0.2) is 0 Å². The van der Waals surface area contributed by atoms with Crippen LogP contribution in [0, 0.1) is 11.3 Å². The molecule has 2 aromatic rings. The van der Waals surface area contributed by atoms with Gasteiger partial charge in [0.05, 0.1) is 16.4 Å². The molecule has 0 spiro atoms. The van der Waals surface area contributed by atoms with Gasteiger partial charge in [0.15, 0.2) is 0 Å². The first-order valence-electron chi connectivity index (χ1n) is 5.51. The van der Waals surface area contributed by atoms with E-state index in [4.69, 9.17) is 20.0 Å². The van der Waals surface area contributed by atoms with Crippen LogP contribution in [0.4, 0.5) is 0 Å². The topological polar surface area (TPSA) is 73.5 Å². The average Bonchev–Trinajstić information content (AvgIpc) is 2.70. The molecule has 92 valence electrons. The van der Waals surface area contributed by atoms with E-state index in [9.17, 15) is 0 Å². The van der Waals surface area contributed by atoms with Crippen molar-refractivity contribution >= 4 is 33.3 Å². The Hall–Kier alpha value is -1.55. The van der Waals surface area contributed by atoms with Crippen LogP contribution in [0.5, 0.6) is 5.75 Å². The second-order valence-corrected chi connectivity index (χ2v) is 5.27. The van der Waals surface area contributed by atoms with Gasteiger partial charge in [0.2, 0.25) is 0 Å². The molecule has 0 unspecified atom stereocenters. The highest BCUT2D eigenvalue weighted by Gasteiger charge is 2.17. The summed E-state index contributed by atoms with van der Waals surface area (Å²) in [6, 6.07) is 7.25. The number of ether oxygens (including phenoxy) is 1. The summed E-state index contributed by atoms with van der Waals surface area (Å²) in [4.78, 5) is 0. The summed E-state index contributed by atoms with van der Waals surface area (Å²) >= 11 is 1.21. The SMILES string of the molecule is CC(C)Oc1cc(C#N)c2sc(B(O)O)cc2c1.